The molecule has 6 aromatic heterocycles. The van der Waals surface area contributed by atoms with E-state index in [2.05, 4.69) is 30.8 Å². The van der Waals surface area contributed by atoms with Crippen molar-refractivity contribution in [2.75, 3.05) is 10.6 Å². The Morgan fingerprint density at radius 2 is 1.09 bits per heavy atom. The van der Waals surface area contributed by atoms with Gasteiger partial charge in [0.1, 0.15) is 22.9 Å². The molecule has 2 amide bonds. The number of aliphatic hydroxyl groups is 2. The molecule has 0 saturated heterocycles. The molecule has 66 heavy (non-hydrogen) atoms. The van der Waals surface area contributed by atoms with Gasteiger partial charge in [-0.3, -0.25) is 19.0 Å². The minimum absolute atomic E-state index is 0.135. The van der Waals surface area contributed by atoms with Gasteiger partial charge in [-0.2, -0.15) is 20.4 Å². The molecule has 2 aromatic carbocycles. The Labute approximate surface area is 378 Å². The van der Waals surface area contributed by atoms with Gasteiger partial charge in [0.25, 0.3) is 11.8 Å². The van der Waals surface area contributed by atoms with Crippen LogP contribution >= 0.6 is 0 Å². The molecule has 18 heteroatoms. The molecular weight excluding hydrogens is 841 g/mol. The van der Waals surface area contributed by atoms with E-state index in [4.69, 9.17) is 19.7 Å². The summed E-state index contributed by atoms with van der Waals surface area (Å²) in [6.45, 7) is 3.78. The molecule has 0 unspecified atom stereocenters. The summed E-state index contributed by atoms with van der Waals surface area (Å²) in [5.74, 6) is 0.517. The number of carbonyl (C=O) groups is 2. The van der Waals surface area contributed by atoms with E-state index >= 15 is 0 Å². The molecule has 0 bridgehead atoms. The van der Waals surface area contributed by atoms with Crippen LogP contribution in [0, 0.1) is 0 Å². The molecule has 0 spiro atoms. The van der Waals surface area contributed by atoms with Crippen molar-refractivity contribution < 1.29 is 29.3 Å². The molecule has 0 radical (unpaired) electrons. The van der Waals surface area contributed by atoms with Crippen molar-refractivity contribution in [2.24, 2.45) is 0 Å². The van der Waals surface area contributed by atoms with Gasteiger partial charge in [-0.25, -0.2) is 19.0 Å². The number of nitrogens with zero attached hydrogens (tertiary/aromatic N) is 10. The number of hydrogen-bond donors (Lipinski definition) is 4. The van der Waals surface area contributed by atoms with Crippen LogP contribution in [-0.2, 0) is 0 Å². The second-order valence-electron chi connectivity index (χ2n) is 19.0. The average molecular weight is 893 g/mol. The molecule has 4 atom stereocenters. The largest absolute Gasteiger partial charge is 0.490 e. The summed E-state index contributed by atoms with van der Waals surface area (Å²) in [4.78, 5) is 35.2. The standard InChI is InChI=1S/2C24H26N6O3/c2*1-24(32)7-2-4-16(12-24)30-14-15-10-18(21(11-19(15)28-30)33-17-5-6-17)23(31)27-20-13-26-29-9-3-8-25-22(20)29/h2*3,8-11,13-14,16-17,32H,2,4-7,12H2,1H3,(H,27,31)/t2*16-,24+/m00/s1. The Bertz CT molecular complexity index is 2910. The SMILES string of the molecule is C[C@@]1(O)CCC[C@H](n2cc3cc(C(=O)Nc4cnn5cccnc45)c(OC4CC4)cc3n2)C1.C[C@@]1(O)CCC[C@H](n2cc3cc(C(=O)Nc4cnn5cccnc45)c(OC4CC4)cc3n2)C1. The Hall–Kier alpha value is -6.92. The van der Waals surface area contributed by atoms with E-state index in [9.17, 15) is 19.8 Å². The number of fused-ring (bicyclic) bond motifs is 4. The molecule has 18 nitrogen and oxygen atoms in total. The third-order valence-electron chi connectivity index (χ3n) is 13.0. The second kappa shape index (κ2) is 16.5. The van der Waals surface area contributed by atoms with Crippen LogP contribution < -0.4 is 20.1 Å². The Morgan fingerprint density at radius 1 is 0.652 bits per heavy atom. The van der Waals surface area contributed by atoms with Crippen LogP contribution in [0.15, 0.2) is 86.0 Å². The van der Waals surface area contributed by atoms with Crippen molar-refractivity contribution in [3.8, 4) is 11.5 Å². The third-order valence-corrected chi connectivity index (χ3v) is 13.0. The van der Waals surface area contributed by atoms with Gasteiger partial charge in [-0.15, -0.1) is 0 Å². The molecule has 0 aliphatic heterocycles. The summed E-state index contributed by atoms with van der Waals surface area (Å²) in [5.41, 5.74) is 3.37. The zero-order chi connectivity index (χ0) is 45.2. The van der Waals surface area contributed by atoms with Crippen molar-refractivity contribution in [3.63, 3.8) is 0 Å². The number of anilines is 2. The maximum atomic E-state index is 13.3. The first kappa shape index (κ1) is 41.8. The van der Waals surface area contributed by atoms with Crippen molar-refractivity contribution >= 4 is 56.3 Å². The van der Waals surface area contributed by atoms with Crippen LogP contribution in [0.1, 0.15) is 124 Å². The lowest BCUT2D eigenvalue weighted by atomic mass is 9.83. The summed E-state index contributed by atoms with van der Waals surface area (Å²) in [6.07, 6.45) is 25.1. The lowest BCUT2D eigenvalue weighted by molar-refractivity contribution is 0.00142. The molecule has 4 fully saturated rings. The summed E-state index contributed by atoms with van der Waals surface area (Å²) >= 11 is 0. The normalized spacial score (nSPS) is 23.2. The predicted octanol–water partition coefficient (Wildman–Crippen LogP) is 7.48. The highest BCUT2D eigenvalue weighted by atomic mass is 16.5. The van der Waals surface area contributed by atoms with E-state index in [0.29, 0.717) is 58.1 Å². The Morgan fingerprint density at radius 3 is 1.50 bits per heavy atom. The zero-order valence-electron chi connectivity index (χ0n) is 36.9. The molecular formula is C48H52N12O6. The number of hydrogen-bond acceptors (Lipinski definition) is 12. The molecule has 12 rings (SSSR count). The fourth-order valence-electron chi connectivity index (χ4n) is 9.32. The van der Waals surface area contributed by atoms with Gasteiger partial charge in [-0.05, 0) is 115 Å². The maximum Gasteiger partial charge on any atom is 0.259 e. The number of amides is 2. The van der Waals surface area contributed by atoms with E-state index in [1.165, 1.54) is 0 Å². The number of nitrogens with one attached hydrogen (secondary N) is 2. The van der Waals surface area contributed by atoms with Crippen molar-refractivity contribution in [2.45, 2.75) is 126 Å². The topological polar surface area (TPSA) is 213 Å². The zero-order valence-corrected chi connectivity index (χ0v) is 36.9. The van der Waals surface area contributed by atoms with Crippen LogP contribution in [-0.4, -0.2) is 94.2 Å². The monoisotopic (exact) mass is 892 g/mol. The van der Waals surface area contributed by atoms with E-state index in [1.807, 2.05) is 59.9 Å². The lowest BCUT2D eigenvalue weighted by Crippen LogP contribution is -2.33. The summed E-state index contributed by atoms with van der Waals surface area (Å²) in [7, 11) is 0. The fourth-order valence-corrected chi connectivity index (χ4v) is 9.32. The van der Waals surface area contributed by atoms with Gasteiger partial charge >= 0.3 is 0 Å². The van der Waals surface area contributed by atoms with E-state index in [-0.39, 0.29) is 36.1 Å². The van der Waals surface area contributed by atoms with E-state index in [1.54, 1.807) is 58.3 Å². The van der Waals surface area contributed by atoms with Crippen molar-refractivity contribution in [3.05, 3.63) is 97.1 Å². The summed E-state index contributed by atoms with van der Waals surface area (Å²) in [5, 5.41) is 46.7. The van der Waals surface area contributed by atoms with Gasteiger partial charge in [0.2, 0.25) is 0 Å². The summed E-state index contributed by atoms with van der Waals surface area (Å²) < 4.78 is 19.3. The number of carbonyl (C=O) groups excluding carboxylic acids is 2. The van der Waals surface area contributed by atoms with Gasteiger partial charge < -0.3 is 30.3 Å². The molecule has 6 heterocycles. The van der Waals surface area contributed by atoms with Crippen LogP contribution in [0.4, 0.5) is 11.4 Å². The van der Waals surface area contributed by atoms with Crippen LogP contribution in [0.3, 0.4) is 0 Å². The second-order valence-corrected chi connectivity index (χ2v) is 19.0. The minimum atomic E-state index is -0.672. The van der Waals surface area contributed by atoms with Gasteiger partial charge in [-0.1, -0.05) is 0 Å². The first-order valence-corrected chi connectivity index (χ1v) is 22.9. The fraction of sp³-hybridized carbons (Fsp3) is 0.417. The lowest BCUT2D eigenvalue weighted by Gasteiger charge is -2.33. The first-order valence-electron chi connectivity index (χ1n) is 22.9. The van der Waals surface area contributed by atoms with Crippen molar-refractivity contribution in [1.29, 1.82) is 0 Å². The highest BCUT2D eigenvalue weighted by molar-refractivity contribution is 6.10. The molecule has 8 aromatic rings. The predicted molar refractivity (Wildman–Crippen MR) is 245 cm³/mol. The third kappa shape index (κ3) is 8.77. The molecule has 4 aliphatic rings. The van der Waals surface area contributed by atoms with E-state index < -0.39 is 11.2 Å². The Kier molecular flexibility index (Phi) is 10.4. The molecule has 4 aliphatic carbocycles. The van der Waals surface area contributed by atoms with Gasteiger partial charge in [0.15, 0.2) is 11.3 Å². The van der Waals surface area contributed by atoms with Crippen LogP contribution in [0.5, 0.6) is 11.5 Å². The van der Waals surface area contributed by atoms with Crippen LogP contribution in [0.2, 0.25) is 0 Å². The number of benzene rings is 2. The van der Waals surface area contributed by atoms with Crippen LogP contribution in [0.25, 0.3) is 33.1 Å². The highest BCUT2D eigenvalue weighted by Crippen LogP contribution is 2.39. The number of aromatic nitrogens is 10. The Balaban J connectivity index is 0.000000146. The molecule has 4 saturated carbocycles. The molecule has 4 N–H and O–H groups in total. The minimum Gasteiger partial charge on any atom is -0.490 e. The quantitative estimate of drug-likeness (QED) is 0.105. The first-order chi connectivity index (χ1) is 31.9. The smallest absolute Gasteiger partial charge is 0.259 e. The summed E-state index contributed by atoms with van der Waals surface area (Å²) in [6, 6.07) is 11.2. The van der Waals surface area contributed by atoms with Crippen molar-refractivity contribution in [1.82, 2.24) is 48.8 Å². The number of ether oxygens (including phenoxy) is 2. The molecule has 340 valence electrons. The highest BCUT2D eigenvalue weighted by Gasteiger charge is 2.34. The number of rotatable bonds is 10. The average Bonchev–Trinajstić information content (AvgIpc) is 4.09. The van der Waals surface area contributed by atoms with Gasteiger partial charge in [0.05, 0.1) is 70.0 Å². The maximum absolute atomic E-state index is 13.3. The van der Waals surface area contributed by atoms with E-state index in [0.717, 1.165) is 86.0 Å². The van der Waals surface area contributed by atoms with Gasteiger partial charge in [0, 0.05) is 60.1 Å².